The van der Waals surface area contributed by atoms with Crippen molar-refractivity contribution in [3.05, 3.63) is 29.1 Å². The summed E-state index contributed by atoms with van der Waals surface area (Å²) >= 11 is 0. The quantitative estimate of drug-likeness (QED) is 0.733. The molecule has 1 unspecified atom stereocenters. The third-order valence-corrected chi connectivity index (χ3v) is 4.28. The molecule has 0 aliphatic heterocycles. The molecule has 0 aliphatic rings. The van der Waals surface area contributed by atoms with Gasteiger partial charge in [-0.3, -0.25) is 14.3 Å². The number of nitrogens with zero attached hydrogens (tertiary/aromatic N) is 5. The van der Waals surface area contributed by atoms with Gasteiger partial charge in [0.15, 0.2) is 5.78 Å². The molecule has 2 rings (SSSR count). The average molecular weight is 346 g/mol. The van der Waals surface area contributed by atoms with Gasteiger partial charge in [0.1, 0.15) is 12.2 Å². The average Bonchev–Trinajstić information content (AvgIpc) is 3.10. The number of rotatable bonds is 8. The maximum absolute atomic E-state index is 12.2. The Morgan fingerprint density at radius 2 is 2.04 bits per heavy atom. The van der Waals surface area contributed by atoms with Crippen molar-refractivity contribution < 1.29 is 9.59 Å². The summed E-state index contributed by atoms with van der Waals surface area (Å²) in [5.74, 6) is 0.811. The van der Waals surface area contributed by atoms with Crippen LogP contribution in [0.5, 0.6) is 0 Å². The van der Waals surface area contributed by atoms with Gasteiger partial charge in [-0.05, 0) is 34.6 Å². The van der Waals surface area contributed by atoms with Crippen LogP contribution in [0.25, 0.3) is 0 Å². The zero-order chi connectivity index (χ0) is 18.6. The first-order valence-electron chi connectivity index (χ1n) is 8.55. The molecule has 0 fully saturated rings. The number of carbonyl (C=O) groups excluding carboxylic acids is 2. The van der Waals surface area contributed by atoms with E-state index in [4.69, 9.17) is 0 Å². The van der Waals surface area contributed by atoms with E-state index in [0.29, 0.717) is 30.6 Å². The minimum absolute atomic E-state index is 0.00191. The first-order chi connectivity index (χ1) is 11.8. The van der Waals surface area contributed by atoms with Gasteiger partial charge in [-0.15, -0.1) is 10.2 Å². The summed E-state index contributed by atoms with van der Waals surface area (Å²) < 4.78 is 3.72. The molecule has 8 heteroatoms. The van der Waals surface area contributed by atoms with Crippen LogP contribution < -0.4 is 5.32 Å². The number of carbonyl (C=O) groups is 2. The van der Waals surface area contributed by atoms with Crippen LogP contribution >= 0.6 is 0 Å². The van der Waals surface area contributed by atoms with E-state index in [9.17, 15) is 9.59 Å². The first kappa shape index (κ1) is 18.8. The number of aromatic nitrogens is 5. The molecule has 2 aromatic heterocycles. The lowest BCUT2D eigenvalue weighted by Crippen LogP contribution is -2.28. The van der Waals surface area contributed by atoms with Crippen LogP contribution in [-0.4, -0.2) is 42.8 Å². The Bertz CT molecular complexity index is 761. The second-order valence-corrected chi connectivity index (χ2v) is 6.23. The largest absolute Gasteiger partial charge is 0.356 e. The minimum atomic E-state index is -0.119. The van der Waals surface area contributed by atoms with Gasteiger partial charge in [0.05, 0.1) is 17.3 Å². The predicted molar refractivity (Wildman–Crippen MR) is 93.4 cm³/mol. The maximum atomic E-state index is 12.2. The number of nitrogens with one attached hydrogen (secondary N) is 1. The van der Waals surface area contributed by atoms with E-state index in [0.717, 1.165) is 18.1 Å². The summed E-state index contributed by atoms with van der Waals surface area (Å²) in [7, 11) is 0. The first-order valence-corrected chi connectivity index (χ1v) is 8.55. The number of ketones is 1. The van der Waals surface area contributed by atoms with Crippen molar-refractivity contribution in [2.24, 2.45) is 0 Å². The molecule has 0 saturated carbocycles. The van der Waals surface area contributed by atoms with E-state index in [1.54, 1.807) is 11.0 Å². The number of hydrogen-bond donors (Lipinski definition) is 1. The van der Waals surface area contributed by atoms with Crippen molar-refractivity contribution in [3.63, 3.8) is 0 Å². The number of Topliss-reactive ketones (excluding diaryl/α,β-unsaturated/α-hetero) is 1. The van der Waals surface area contributed by atoms with E-state index < -0.39 is 0 Å². The maximum Gasteiger partial charge on any atom is 0.222 e. The van der Waals surface area contributed by atoms with Crippen LogP contribution in [0.4, 0.5) is 0 Å². The molecule has 0 radical (unpaired) electrons. The van der Waals surface area contributed by atoms with Crippen molar-refractivity contribution in [3.8, 4) is 0 Å². The Labute approximate surface area is 147 Å². The topological polar surface area (TPSA) is 94.7 Å². The highest BCUT2D eigenvalue weighted by molar-refractivity contribution is 5.96. The molecule has 8 nitrogen and oxygen atoms in total. The highest BCUT2D eigenvalue weighted by Gasteiger charge is 2.20. The molecule has 0 aliphatic carbocycles. The van der Waals surface area contributed by atoms with Crippen molar-refractivity contribution >= 4 is 11.7 Å². The molecule has 25 heavy (non-hydrogen) atoms. The molecular weight excluding hydrogens is 320 g/mol. The molecule has 1 amide bonds. The number of amides is 1. The Kier molecular flexibility index (Phi) is 6.06. The predicted octanol–water partition coefficient (Wildman–Crippen LogP) is 1.62. The van der Waals surface area contributed by atoms with E-state index >= 15 is 0 Å². The fourth-order valence-electron chi connectivity index (χ4n) is 3.08. The third-order valence-electron chi connectivity index (χ3n) is 4.28. The third kappa shape index (κ3) is 4.32. The summed E-state index contributed by atoms with van der Waals surface area (Å²) in [6.45, 7) is 10.5. The number of aryl methyl sites for hydroxylation is 2. The fourth-order valence-corrected chi connectivity index (χ4v) is 3.08. The summed E-state index contributed by atoms with van der Waals surface area (Å²) in [5, 5.41) is 15.3. The van der Waals surface area contributed by atoms with Gasteiger partial charge in [-0.2, -0.15) is 5.10 Å². The van der Waals surface area contributed by atoms with Crippen molar-refractivity contribution in [1.82, 2.24) is 29.9 Å². The van der Waals surface area contributed by atoms with Crippen LogP contribution in [0.3, 0.4) is 0 Å². The molecule has 1 atom stereocenters. The Morgan fingerprint density at radius 1 is 1.32 bits per heavy atom. The molecule has 2 heterocycles. The molecule has 0 saturated heterocycles. The molecule has 0 aromatic carbocycles. The van der Waals surface area contributed by atoms with Crippen LogP contribution in [0.15, 0.2) is 6.33 Å². The zero-order valence-electron chi connectivity index (χ0n) is 15.5. The van der Waals surface area contributed by atoms with Crippen LogP contribution in [0, 0.1) is 13.8 Å². The fraction of sp³-hybridized carbons (Fsp3) is 0.588. The van der Waals surface area contributed by atoms with Crippen molar-refractivity contribution in [1.29, 1.82) is 0 Å². The standard InChI is InChI=1S/C17H26N6O2/c1-6-22-10-19-20-15(22)7-8-18-16(25)9-11(2)23-13(4)17(14(5)24)12(3)21-23/h10-11H,6-9H2,1-5H3,(H,18,25). The normalized spacial score (nSPS) is 12.2. The van der Waals surface area contributed by atoms with Crippen molar-refractivity contribution in [2.45, 2.75) is 60.0 Å². The van der Waals surface area contributed by atoms with Gasteiger partial charge in [0, 0.05) is 31.6 Å². The smallest absolute Gasteiger partial charge is 0.222 e. The lowest BCUT2D eigenvalue weighted by Gasteiger charge is -2.14. The molecule has 1 N–H and O–H groups in total. The monoisotopic (exact) mass is 346 g/mol. The van der Waals surface area contributed by atoms with Crippen LogP contribution in [0.1, 0.15) is 60.8 Å². The lowest BCUT2D eigenvalue weighted by atomic mass is 10.1. The Balaban J connectivity index is 1.90. The minimum Gasteiger partial charge on any atom is -0.356 e. The Hall–Kier alpha value is -2.51. The molecule has 136 valence electrons. The lowest BCUT2D eigenvalue weighted by molar-refractivity contribution is -0.121. The van der Waals surface area contributed by atoms with E-state index in [-0.39, 0.29) is 17.7 Å². The van der Waals surface area contributed by atoms with Gasteiger partial charge in [0.25, 0.3) is 0 Å². The van der Waals surface area contributed by atoms with Crippen LogP contribution in [-0.2, 0) is 17.8 Å². The van der Waals surface area contributed by atoms with E-state index in [2.05, 4.69) is 20.6 Å². The highest BCUT2D eigenvalue weighted by atomic mass is 16.1. The van der Waals surface area contributed by atoms with Crippen molar-refractivity contribution in [2.75, 3.05) is 6.54 Å². The summed E-state index contributed by atoms with van der Waals surface area (Å²) in [6.07, 6.45) is 2.64. The second-order valence-electron chi connectivity index (χ2n) is 6.23. The number of hydrogen-bond acceptors (Lipinski definition) is 5. The SMILES string of the molecule is CCn1cnnc1CCNC(=O)CC(C)n1nc(C)c(C(C)=O)c1C. The summed E-state index contributed by atoms with van der Waals surface area (Å²) in [5.41, 5.74) is 2.16. The molecular formula is C17H26N6O2. The molecule has 0 bridgehead atoms. The van der Waals surface area contributed by atoms with Gasteiger partial charge in [0.2, 0.25) is 5.91 Å². The molecule has 0 spiro atoms. The van der Waals surface area contributed by atoms with Crippen LogP contribution in [0.2, 0.25) is 0 Å². The van der Waals surface area contributed by atoms with E-state index in [1.165, 1.54) is 6.92 Å². The van der Waals surface area contributed by atoms with Gasteiger partial charge in [-0.25, -0.2) is 0 Å². The zero-order valence-corrected chi connectivity index (χ0v) is 15.5. The Morgan fingerprint density at radius 3 is 2.64 bits per heavy atom. The van der Waals surface area contributed by atoms with Gasteiger partial charge >= 0.3 is 0 Å². The summed E-state index contributed by atoms with van der Waals surface area (Å²) in [6, 6.07) is -0.119. The van der Waals surface area contributed by atoms with Gasteiger partial charge < -0.3 is 9.88 Å². The second kappa shape index (κ2) is 8.04. The summed E-state index contributed by atoms with van der Waals surface area (Å²) in [4.78, 5) is 23.9. The van der Waals surface area contributed by atoms with Gasteiger partial charge in [-0.1, -0.05) is 0 Å². The molecule has 2 aromatic rings. The van der Waals surface area contributed by atoms with E-state index in [1.807, 2.05) is 32.3 Å². The highest BCUT2D eigenvalue weighted by Crippen LogP contribution is 2.19.